The van der Waals surface area contributed by atoms with Crippen molar-refractivity contribution >= 4 is 21.7 Å². The Labute approximate surface area is 97.2 Å². The Bertz CT molecular complexity index is 431. The van der Waals surface area contributed by atoms with E-state index in [4.69, 9.17) is 0 Å². The topological polar surface area (TPSA) is 29.1 Å². The molecule has 3 rings (SSSR count). The van der Waals surface area contributed by atoms with Crippen LogP contribution in [0.2, 0.25) is 0 Å². The molecule has 0 amide bonds. The molecule has 0 radical (unpaired) electrons. The lowest BCUT2D eigenvalue weighted by atomic mass is 9.85. The fraction of sp³-hybridized carbons (Fsp3) is 0.417. The highest BCUT2D eigenvalue weighted by atomic mass is 79.9. The molecule has 0 aromatic rings. The van der Waals surface area contributed by atoms with Crippen LogP contribution in [0.5, 0.6) is 0 Å². The van der Waals surface area contributed by atoms with Crippen molar-refractivity contribution < 1.29 is 4.79 Å². The summed E-state index contributed by atoms with van der Waals surface area (Å²) in [5.41, 5.74) is 3.44. The van der Waals surface area contributed by atoms with Gasteiger partial charge in [-0.25, -0.2) is 0 Å². The normalized spacial score (nSPS) is 29.1. The molecule has 1 aliphatic heterocycles. The second-order valence-electron chi connectivity index (χ2n) is 4.29. The van der Waals surface area contributed by atoms with Crippen LogP contribution in [-0.2, 0) is 4.79 Å². The first-order valence-corrected chi connectivity index (χ1v) is 6.14. The largest absolute Gasteiger partial charge is 0.356 e. The molecule has 1 unspecified atom stereocenters. The molecule has 0 bridgehead atoms. The number of Topliss-reactive ketones (excluding diaryl/α,β-unsaturated/α-hetero) is 1. The van der Waals surface area contributed by atoms with Crippen LogP contribution in [0.4, 0.5) is 0 Å². The van der Waals surface area contributed by atoms with Crippen LogP contribution in [0.25, 0.3) is 0 Å². The summed E-state index contributed by atoms with van der Waals surface area (Å²) in [6.07, 6.45) is 7.97. The zero-order valence-electron chi connectivity index (χ0n) is 8.35. The Kier molecular flexibility index (Phi) is 2.09. The van der Waals surface area contributed by atoms with Crippen molar-refractivity contribution in [2.75, 3.05) is 0 Å². The lowest BCUT2D eigenvalue weighted by molar-refractivity contribution is -0.116. The van der Waals surface area contributed by atoms with Gasteiger partial charge in [-0.15, -0.1) is 0 Å². The molecule has 78 valence electrons. The fourth-order valence-electron chi connectivity index (χ4n) is 2.62. The van der Waals surface area contributed by atoms with Crippen LogP contribution < -0.4 is 5.32 Å². The lowest BCUT2D eigenvalue weighted by Crippen LogP contribution is -2.17. The predicted molar refractivity (Wildman–Crippen MR) is 62.2 cm³/mol. The van der Waals surface area contributed by atoms with Gasteiger partial charge in [-0.2, -0.15) is 0 Å². The average molecular weight is 266 g/mol. The summed E-state index contributed by atoms with van der Waals surface area (Å²) in [4.78, 5) is 11.7. The lowest BCUT2D eigenvalue weighted by Gasteiger charge is -2.19. The van der Waals surface area contributed by atoms with E-state index in [1.807, 2.05) is 0 Å². The van der Waals surface area contributed by atoms with Crippen molar-refractivity contribution in [2.45, 2.75) is 25.7 Å². The second-order valence-corrected chi connectivity index (χ2v) is 5.31. The number of hydrogen-bond acceptors (Lipinski definition) is 2. The summed E-state index contributed by atoms with van der Waals surface area (Å²) >= 11 is 3.54. The molecule has 3 aliphatic rings. The third-order valence-corrected chi connectivity index (χ3v) is 3.95. The molecule has 2 aliphatic carbocycles. The molecule has 0 fully saturated rings. The minimum Gasteiger partial charge on any atom is -0.356 e. The van der Waals surface area contributed by atoms with Crippen molar-refractivity contribution in [1.82, 2.24) is 5.32 Å². The first-order chi connectivity index (χ1) is 7.25. The third-order valence-electron chi connectivity index (χ3n) is 3.36. The van der Waals surface area contributed by atoms with E-state index in [9.17, 15) is 4.79 Å². The van der Waals surface area contributed by atoms with Gasteiger partial charge in [-0.3, -0.25) is 4.79 Å². The van der Waals surface area contributed by atoms with Gasteiger partial charge in [0, 0.05) is 18.0 Å². The third kappa shape index (κ3) is 1.41. The summed E-state index contributed by atoms with van der Waals surface area (Å²) < 4.78 is 1.23. The van der Waals surface area contributed by atoms with Crippen LogP contribution >= 0.6 is 15.9 Å². The van der Waals surface area contributed by atoms with E-state index in [0.29, 0.717) is 18.1 Å². The Morgan fingerprint density at radius 3 is 3.07 bits per heavy atom. The maximum absolute atomic E-state index is 11.7. The first kappa shape index (κ1) is 9.40. The number of hydrogen-bond donors (Lipinski definition) is 1. The number of halogens is 1. The molecule has 0 saturated carbocycles. The Balaban J connectivity index is 2.00. The van der Waals surface area contributed by atoms with Gasteiger partial charge in [-0.05, 0) is 35.4 Å². The summed E-state index contributed by atoms with van der Waals surface area (Å²) in [6, 6.07) is 0. The zero-order valence-corrected chi connectivity index (χ0v) is 9.93. The summed E-state index contributed by atoms with van der Waals surface area (Å²) in [6.45, 7) is 0. The molecule has 1 heterocycles. The smallest absolute Gasteiger partial charge is 0.178 e. The van der Waals surface area contributed by atoms with Crippen LogP contribution in [-0.4, -0.2) is 5.78 Å². The van der Waals surface area contributed by atoms with Crippen molar-refractivity contribution in [3.8, 4) is 0 Å². The summed E-state index contributed by atoms with van der Waals surface area (Å²) in [5, 5.41) is 3.29. The molecule has 2 nitrogen and oxygen atoms in total. The Hall–Kier alpha value is -0.830. The predicted octanol–water partition coefficient (Wildman–Crippen LogP) is 2.78. The van der Waals surface area contributed by atoms with Gasteiger partial charge in [0.25, 0.3) is 0 Å². The van der Waals surface area contributed by atoms with E-state index in [2.05, 4.69) is 33.4 Å². The minimum atomic E-state index is 0.294. The number of carbonyl (C=O) groups is 1. The molecule has 0 spiro atoms. The minimum absolute atomic E-state index is 0.294. The molecular formula is C12H12BrNO. The standard InChI is InChI=1S/C12H12BrNO/c13-7-4-5-10-9(6-7)8-2-1-3-11(15)12(8)14-10/h4-5,9,14H,1-3,6H2. The van der Waals surface area contributed by atoms with Gasteiger partial charge < -0.3 is 5.32 Å². The number of rotatable bonds is 0. The van der Waals surface area contributed by atoms with Crippen LogP contribution in [0.1, 0.15) is 25.7 Å². The van der Waals surface area contributed by atoms with Crippen molar-refractivity contribution in [1.29, 1.82) is 0 Å². The molecule has 15 heavy (non-hydrogen) atoms. The van der Waals surface area contributed by atoms with E-state index in [1.165, 1.54) is 15.8 Å². The maximum Gasteiger partial charge on any atom is 0.178 e. The van der Waals surface area contributed by atoms with Gasteiger partial charge in [0.2, 0.25) is 0 Å². The highest BCUT2D eigenvalue weighted by Gasteiger charge is 2.35. The van der Waals surface area contributed by atoms with Gasteiger partial charge in [-0.1, -0.05) is 22.0 Å². The molecule has 0 aromatic carbocycles. The highest BCUT2D eigenvalue weighted by Crippen LogP contribution is 2.42. The Morgan fingerprint density at radius 2 is 2.20 bits per heavy atom. The number of nitrogens with one attached hydrogen (secondary N) is 1. The van der Waals surface area contributed by atoms with Gasteiger partial charge in [0.05, 0.1) is 5.70 Å². The SMILES string of the molecule is O=C1CCCC2=C1NC1=CC=C(Br)CC12. The molecular weight excluding hydrogens is 254 g/mol. The summed E-state index contributed by atoms with van der Waals surface area (Å²) in [5.74, 6) is 0.728. The highest BCUT2D eigenvalue weighted by molar-refractivity contribution is 9.11. The van der Waals surface area contributed by atoms with Crippen LogP contribution in [0.3, 0.4) is 0 Å². The van der Waals surface area contributed by atoms with Crippen LogP contribution in [0, 0.1) is 5.92 Å². The van der Waals surface area contributed by atoms with Crippen LogP contribution in [0.15, 0.2) is 33.6 Å². The zero-order chi connectivity index (χ0) is 10.4. The van der Waals surface area contributed by atoms with Crippen molar-refractivity contribution in [2.24, 2.45) is 5.92 Å². The molecule has 0 aromatic heterocycles. The number of allylic oxidation sites excluding steroid dienone is 5. The van der Waals surface area contributed by atoms with Gasteiger partial charge >= 0.3 is 0 Å². The van der Waals surface area contributed by atoms with Gasteiger partial charge in [0.15, 0.2) is 5.78 Å². The van der Waals surface area contributed by atoms with E-state index in [-0.39, 0.29) is 0 Å². The molecule has 1 N–H and O–H groups in total. The average Bonchev–Trinajstić information content (AvgIpc) is 2.58. The first-order valence-electron chi connectivity index (χ1n) is 5.35. The Morgan fingerprint density at radius 1 is 1.33 bits per heavy atom. The van der Waals surface area contributed by atoms with E-state index >= 15 is 0 Å². The monoisotopic (exact) mass is 265 g/mol. The fourth-order valence-corrected chi connectivity index (χ4v) is 3.08. The summed E-state index contributed by atoms with van der Waals surface area (Å²) in [7, 11) is 0. The number of fused-ring (bicyclic) bond motifs is 2. The van der Waals surface area contributed by atoms with Crippen molar-refractivity contribution in [3.63, 3.8) is 0 Å². The number of ketones is 1. The molecule has 3 heteroatoms. The van der Waals surface area contributed by atoms with E-state index in [1.54, 1.807) is 0 Å². The quantitative estimate of drug-likeness (QED) is 0.730. The molecule has 0 saturated heterocycles. The maximum atomic E-state index is 11.7. The van der Waals surface area contributed by atoms with E-state index < -0.39 is 0 Å². The number of carbonyl (C=O) groups excluding carboxylic acids is 1. The second kappa shape index (κ2) is 3.34. The van der Waals surface area contributed by atoms with Crippen molar-refractivity contribution in [3.05, 3.63) is 33.6 Å². The van der Waals surface area contributed by atoms with Gasteiger partial charge in [0.1, 0.15) is 0 Å². The molecule has 1 atom stereocenters. The van der Waals surface area contributed by atoms with E-state index in [0.717, 1.165) is 25.0 Å².